The Morgan fingerprint density at radius 2 is 2.33 bits per heavy atom. The van der Waals surface area contributed by atoms with E-state index in [0.717, 1.165) is 12.8 Å². The zero-order valence-corrected chi connectivity index (χ0v) is 11.3. The van der Waals surface area contributed by atoms with E-state index in [2.05, 4.69) is 18.3 Å². The molecule has 1 aliphatic rings. The molecule has 0 saturated carbocycles. The molecule has 5 heteroatoms. The quantitative estimate of drug-likeness (QED) is 0.905. The third kappa shape index (κ3) is 2.90. The molecule has 0 aromatic carbocycles. The highest BCUT2D eigenvalue weighted by Crippen LogP contribution is 2.30. The molecule has 0 radical (unpaired) electrons. The first kappa shape index (κ1) is 13.1. The Labute approximate surface area is 111 Å². The van der Waals surface area contributed by atoms with Crippen LogP contribution in [0, 0.1) is 0 Å². The van der Waals surface area contributed by atoms with Crippen molar-refractivity contribution in [1.82, 2.24) is 10.2 Å². The van der Waals surface area contributed by atoms with Crippen LogP contribution >= 0.6 is 11.3 Å². The summed E-state index contributed by atoms with van der Waals surface area (Å²) in [6, 6.07) is 4.20. The lowest BCUT2D eigenvalue weighted by Crippen LogP contribution is -2.37. The van der Waals surface area contributed by atoms with Crippen molar-refractivity contribution in [1.29, 1.82) is 0 Å². The van der Waals surface area contributed by atoms with Crippen LogP contribution in [-0.2, 0) is 9.59 Å². The Bertz CT molecular complexity index is 417. The fourth-order valence-corrected chi connectivity index (χ4v) is 3.12. The van der Waals surface area contributed by atoms with Crippen LogP contribution in [-0.4, -0.2) is 29.8 Å². The number of nitrogens with one attached hydrogen (secondary N) is 1. The summed E-state index contributed by atoms with van der Waals surface area (Å²) in [5.74, 6) is -0.0139. The van der Waals surface area contributed by atoms with Gasteiger partial charge in [0.15, 0.2) is 0 Å². The van der Waals surface area contributed by atoms with Crippen molar-refractivity contribution in [3.63, 3.8) is 0 Å². The molecule has 2 amide bonds. The van der Waals surface area contributed by atoms with Gasteiger partial charge in [-0.15, -0.1) is 11.3 Å². The molecule has 1 aliphatic heterocycles. The van der Waals surface area contributed by atoms with E-state index in [1.165, 1.54) is 4.88 Å². The number of amides is 2. The second kappa shape index (κ2) is 6.00. The SMILES string of the molecule is CCCC(c1cccs1)N1CCC(=O)NCC1=O. The molecule has 0 spiro atoms. The molecule has 1 aromatic rings. The van der Waals surface area contributed by atoms with E-state index >= 15 is 0 Å². The summed E-state index contributed by atoms with van der Waals surface area (Å²) in [4.78, 5) is 26.5. The Morgan fingerprint density at radius 1 is 1.50 bits per heavy atom. The smallest absolute Gasteiger partial charge is 0.242 e. The highest BCUT2D eigenvalue weighted by atomic mass is 32.1. The molecule has 1 unspecified atom stereocenters. The standard InChI is InChI=1S/C13H18N2O2S/c1-2-4-10(11-5-3-8-18-11)15-7-6-12(16)14-9-13(15)17/h3,5,8,10H,2,4,6-7,9H2,1H3,(H,14,16). The summed E-state index contributed by atoms with van der Waals surface area (Å²) in [7, 11) is 0. The molecule has 0 aliphatic carbocycles. The maximum Gasteiger partial charge on any atom is 0.242 e. The van der Waals surface area contributed by atoms with Gasteiger partial charge in [-0.2, -0.15) is 0 Å². The van der Waals surface area contributed by atoms with Gasteiger partial charge in [0, 0.05) is 17.8 Å². The summed E-state index contributed by atoms with van der Waals surface area (Å²) in [6.07, 6.45) is 2.37. The lowest BCUT2D eigenvalue weighted by atomic mass is 10.1. The fraction of sp³-hybridized carbons (Fsp3) is 0.538. The third-order valence-electron chi connectivity index (χ3n) is 3.15. The second-order valence-corrected chi connectivity index (χ2v) is 5.41. The normalized spacial score (nSPS) is 18.4. The first-order chi connectivity index (χ1) is 8.72. The van der Waals surface area contributed by atoms with Crippen molar-refractivity contribution in [3.05, 3.63) is 22.4 Å². The van der Waals surface area contributed by atoms with Gasteiger partial charge in [0.05, 0.1) is 12.6 Å². The van der Waals surface area contributed by atoms with E-state index in [1.807, 2.05) is 16.3 Å². The Balaban J connectivity index is 2.18. The van der Waals surface area contributed by atoms with Crippen molar-refractivity contribution >= 4 is 23.2 Å². The van der Waals surface area contributed by atoms with Crippen LogP contribution < -0.4 is 5.32 Å². The molecule has 1 saturated heterocycles. The van der Waals surface area contributed by atoms with Crippen LogP contribution in [0.4, 0.5) is 0 Å². The van der Waals surface area contributed by atoms with Gasteiger partial charge < -0.3 is 10.2 Å². The minimum atomic E-state index is -0.0349. The van der Waals surface area contributed by atoms with Gasteiger partial charge in [-0.1, -0.05) is 19.4 Å². The number of hydrogen-bond donors (Lipinski definition) is 1. The Kier molecular flexibility index (Phi) is 4.36. The average molecular weight is 266 g/mol. The predicted molar refractivity (Wildman–Crippen MR) is 71.3 cm³/mol. The number of nitrogens with zero attached hydrogens (tertiary/aromatic N) is 1. The lowest BCUT2D eigenvalue weighted by Gasteiger charge is -2.29. The first-order valence-corrected chi connectivity index (χ1v) is 7.20. The molecular weight excluding hydrogens is 248 g/mol. The van der Waals surface area contributed by atoms with E-state index in [9.17, 15) is 9.59 Å². The van der Waals surface area contributed by atoms with Gasteiger partial charge in [0.1, 0.15) is 0 Å². The van der Waals surface area contributed by atoms with Crippen LogP contribution in [0.15, 0.2) is 17.5 Å². The minimum absolute atomic E-state index is 0.0210. The van der Waals surface area contributed by atoms with Crippen LogP contribution in [0.1, 0.15) is 37.1 Å². The number of carbonyl (C=O) groups excluding carboxylic acids is 2. The van der Waals surface area contributed by atoms with Crippen molar-refractivity contribution in [3.8, 4) is 0 Å². The summed E-state index contributed by atoms with van der Waals surface area (Å²) >= 11 is 1.68. The molecular formula is C13H18N2O2S. The highest BCUT2D eigenvalue weighted by molar-refractivity contribution is 7.10. The van der Waals surface area contributed by atoms with Crippen molar-refractivity contribution < 1.29 is 9.59 Å². The monoisotopic (exact) mass is 266 g/mol. The first-order valence-electron chi connectivity index (χ1n) is 6.32. The molecule has 1 fully saturated rings. The molecule has 1 atom stereocenters. The molecule has 2 rings (SSSR count). The molecule has 1 aromatic heterocycles. The van der Waals surface area contributed by atoms with Gasteiger partial charge in [-0.3, -0.25) is 9.59 Å². The average Bonchev–Trinajstić information content (AvgIpc) is 2.83. The molecule has 0 bridgehead atoms. The fourth-order valence-electron chi connectivity index (χ4n) is 2.25. The Hall–Kier alpha value is -1.36. The van der Waals surface area contributed by atoms with Gasteiger partial charge in [0.2, 0.25) is 11.8 Å². The van der Waals surface area contributed by atoms with Crippen LogP contribution in [0.25, 0.3) is 0 Å². The van der Waals surface area contributed by atoms with Gasteiger partial charge in [-0.25, -0.2) is 0 Å². The van der Waals surface area contributed by atoms with Crippen molar-refractivity contribution in [2.24, 2.45) is 0 Å². The molecule has 18 heavy (non-hydrogen) atoms. The van der Waals surface area contributed by atoms with Gasteiger partial charge in [-0.05, 0) is 17.9 Å². The largest absolute Gasteiger partial charge is 0.347 e. The van der Waals surface area contributed by atoms with Gasteiger partial charge in [0.25, 0.3) is 0 Å². The summed E-state index contributed by atoms with van der Waals surface area (Å²) < 4.78 is 0. The van der Waals surface area contributed by atoms with Crippen molar-refractivity contribution in [2.45, 2.75) is 32.2 Å². The van der Waals surface area contributed by atoms with Gasteiger partial charge >= 0.3 is 0 Å². The lowest BCUT2D eigenvalue weighted by molar-refractivity contribution is -0.132. The van der Waals surface area contributed by atoms with E-state index in [4.69, 9.17) is 0 Å². The second-order valence-electron chi connectivity index (χ2n) is 4.43. The zero-order chi connectivity index (χ0) is 13.0. The minimum Gasteiger partial charge on any atom is -0.347 e. The van der Waals surface area contributed by atoms with E-state index in [0.29, 0.717) is 13.0 Å². The van der Waals surface area contributed by atoms with E-state index < -0.39 is 0 Å². The van der Waals surface area contributed by atoms with E-state index in [1.54, 1.807) is 11.3 Å². The predicted octanol–water partition coefficient (Wildman–Crippen LogP) is 1.94. The third-order valence-corrected chi connectivity index (χ3v) is 4.12. The van der Waals surface area contributed by atoms with Crippen LogP contribution in [0.2, 0.25) is 0 Å². The maximum atomic E-state index is 12.1. The summed E-state index contributed by atoms with van der Waals surface area (Å²) in [5.41, 5.74) is 0. The summed E-state index contributed by atoms with van der Waals surface area (Å²) in [5, 5.41) is 4.67. The van der Waals surface area contributed by atoms with E-state index in [-0.39, 0.29) is 24.4 Å². The maximum absolute atomic E-state index is 12.1. The number of rotatable bonds is 4. The number of carbonyl (C=O) groups is 2. The topological polar surface area (TPSA) is 49.4 Å². The Morgan fingerprint density at radius 3 is 3.00 bits per heavy atom. The van der Waals surface area contributed by atoms with Crippen LogP contribution in [0.5, 0.6) is 0 Å². The summed E-state index contributed by atoms with van der Waals surface area (Å²) in [6.45, 7) is 2.77. The molecule has 1 N–H and O–H groups in total. The van der Waals surface area contributed by atoms with Crippen molar-refractivity contribution in [2.75, 3.05) is 13.1 Å². The molecule has 4 nitrogen and oxygen atoms in total. The molecule has 2 heterocycles. The zero-order valence-electron chi connectivity index (χ0n) is 10.5. The highest BCUT2D eigenvalue weighted by Gasteiger charge is 2.27. The molecule has 98 valence electrons. The number of hydrogen-bond acceptors (Lipinski definition) is 3. The van der Waals surface area contributed by atoms with Crippen LogP contribution in [0.3, 0.4) is 0 Å². The number of thiophene rings is 1.